The third-order valence-corrected chi connectivity index (χ3v) is 5.41. The number of ether oxygens (including phenoxy) is 3. The van der Waals surface area contributed by atoms with Crippen molar-refractivity contribution in [2.45, 2.75) is 12.3 Å². The Balaban J connectivity index is 1.66. The van der Waals surface area contributed by atoms with Gasteiger partial charge in [-0.25, -0.2) is 15.0 Å². The smallest absolute Gasteiger partial charge is 0.227 e. The topological polar surface area (TPSA) is 111 Å². The first kappa shape index (κ1) is 20.7. The van der Waals surface area contributed by atoms with Gasteiger partial charge in [0, 0.05) is 53.3 Å². The van der Waals surface area contributed by atoms with Gasteiger partial charge in [0.25, 0.3) is 0 Å². The van der Waals surface area contributed by atoms with Gasteiger partial charge in [0.05, 0.1) is 33.6 Å². The standard InChI is InChI=1S/C22H25N5O4/c1-22(12-28)11-25-20-15(22)7-13(10-24-20)16-5-6-23-21(27-16)26-14-8-17(29-2)19(31-4)18(9-14)30-3/h5-10,28H,11-12H2,1-4H3,(H,24,25)(H,23,26,27). The number of fused-ring (bicyclic) bond motifs is 1. The molecule has 1 atom stereocenters. The van der Waals surface area contributed by atoms with E-state index >= 15 is 0 Å². The highest BCUT2D eigenvalue weighted by Gasteiger charge is 2.35. The first-order valence-electron chi connectivity index (χ1n) is 9.77. The maximum absolute atomic E-state index is 9.83. The number of hydrogen-bond donors (Lipinski definition) is 3. The summed E-state index contributed by atoms with van der Waals surface area (Å²) in [5, 5.41) is 16.3. The Labute approximate surface area is 180 Å². The summed E-state index contributed by atoms with van der Waals surface area (Å²) < 4.78 is 16.2. The van der Waals surface area contributed by atoms with Gasteiger partial charge < -0.3 is 30.0 Å². The van der Waals surface area contributed by atoms with E-state index in [-0.39, 0.29) is 12.0 Å². The van der Waals surface area contributed by atoms with Gasteiger partial charge in [-0.1, -0.05) is 6.92 Å². The molecule has 3 N–H and O–H groups in total. The third kappa shape index (κ3) is 3.79. The van der Waals surface area contributed by atoms with Crippen molar-refractivity contribution in [3.05, 3.63) is 42.2 Å². The molecule has 0 fully saturated rings. The number of methoxy groups -OCH3 is 3. The average molecular weight is 423 g/mol. The molecular formula is C22H25N5O4. The molecule has 0 radical (unpaired) electrons. The highest BCUT2D eigenvalue weighted by molar-refractivity contribution is 5.69. The van der Waals surface area contributed by atoms with Crippen LogP contribution in [0.5, 0.6) is 17.2 Å². The fourth-order valence-electron chi connectivity index (χ4n) is 3.58. The molecule has 9 heteroatoms. The van der Waals surface area contributed by atoms with Crippen molar-refractivity contribution in [2.75, 3.05) is 45.1 Å². The molecule has 0 bridgehead atoms. The largest absolute Gasteiger partial charge is 0.493 e. The zero-order valence-electron chi connectivity index (χ0n) is 17.9. The van der Waals surface area contributed by atoms with Gasteiger partial charge in [0.1, 0.15) is 5.82 Å². The Bertz CT molecular complexity index is 1080. The van der Waals surface area contributed by atoms with Crippen molar-refractivity contribution in [2.24, 2.45) is 0 Å². The second-order valence-corrected chi connectivity index (χ2v) is 7.50. The quantitative estimate of drug-likeness (QED) is 0.528. The van der Waals surface area contributed by atoms with Crippen molar-refractivity contribution in [1.82, 2.24) is 15.0 Å². The molecule has 0 saturated carbocycles. The van der Waals surface area contributed by atoms with E-state index in [0.717, 1.165) is 16.9 Å². The van der Waals surface area contributed by atoms with Crippen LogP contribution in [0.25, 0.3) is 11.3 Å². The number of benzene rings is 1. The molecule has 1 aromatic carbocycles. The number of pyridine rings is 1. The third-order valence-electron chi connectivity index (χ3n) is 5.41. The summed E-state index contributed by atoms with van der Waals surface area (Å²) in [5.74, 6) is 2.77. The zero-order chi connectivity index (χ0) is 22.0. The van der Waals surface area contributed by atoms with Crippen LogP contribution in [0.3, 0.4) is 0 Å². The Kier molecular flexibility index (Phi) is 5.51. The van der Waals surface area contributed by atoms with Crippen LogP contribution in [-0.4, -0.2) is 54.5 Å². The predicted molar refractivity (Wildman–Crippen MR) is 118 cm³/mol. The number of aliphatic hydroxyl groups is 1. The van der Waals surface area contributed by atoms with Crippen LogP contribution >= 0.6 is 0 Å². The normalized spacial score (nSPS) is 16.9. The number of aromatic nitrogens is 3. The number of hydrogen-bond acceptors (Lipinski definition) is 9. The molecule has 3 heterocycles. The van der Waals surface area contributed by atoms with Crippen molar-refractivity contribution in [3.63, 3.8) is 0 Å². The van der Waals surface area contributed by atoms with E-state index in [2.05, 4.69) is 25.6 Å². The molecule has 4 rings (SSSR count). The summed E-state index contributed by atoms with van der Waals surface area (Å²) in [7, 11) is 4.68. The van der Waals surface area contributed by atoms with Crippen molar-refractivity contribution < 1.29 is 19.3 Å². The minimum absolute atomic E-state index is 0.0375. The van der Waals surface area contributed by atoms with Gasteiger partial charge in [0.2, 0.25) is 11.7 Å². The zero-order valence-corrected chi connectivity index (χ0v) is 17.9. The van der Waals surface area contributed by atoms with E-state index in [9.17, 15) is 5.11 Å². The molecular weight excluding hydrogens is 398 g/mol. The van der Waals surface area contributed by atoms with Crippen LogP contribution < -0.4 is 24.8 Å². The van der Waals surface area contributed by atoms with Gasteiger partial charge in [0.15, 0.2) is 11.5 Å². The summed E-state index contributed by atoms with van der Waals surface area (Å²) in [6, 6.07) is 7.41. The Hall–Kier alpha value is -3.59. The van der Waals surface area contributed by atoms with Crippen molar-refractivity contribution >= 4 is 17.5 Å². The molecule has 1 aliphatic heterocycles. The number of rotatable bonds is 7. The highest BCUT2D eigenvalue weighted by atomic mass is 16.5. The Morgan fingerprint density at radius 1 is 1.10 bits per heavy atom. The number of anilines is 3. The first-order chi connectivity index (χ1) is 15.0. The lowest BCUT2D eigenvalue weighted by atomic mass is 9.85. The van der Waals surface area contributed by atoms with Crippen LogP contribution in [0.2, 0.25) is 0 Å². The lowest BCUT2D eigenvalue weighted by molar-refractivity contribution is 0.218. The summed E-state index contributed by atoms with van der Waals surface area (Å²) in [6.45, 7) is 2.69. The van der Waals surface area contributed by atoms with Crippen LogP contribution in [0.15, 0.2) is 36.7 Å². The molecule has 0 saturated heterocycles. The molecule has 162 valence electrons. The fourth-order valence-corrected chi connectivity index (χ4v) is 3.58. The lowest BCUT2D eigenvalue weighted by Gasteiger charge is -2.20. The van der Waals surface area contributed by atoms with Crippen LogP contribution in [0, 0.1) is 0 Å². The lowest BCUT2D eigenvalue weighted by Crippen LogP contribution is -2.28. The molecule has 9 nitrogen and oxygen atoms in total. The van der Waals surface area contributed by atoms with Crippen LogP contribution in [-0.2, 0) is 5.41 Å². The Morgan fingerprint density at radius 2 is 1.84 bits per heavy atom. The van der Waals surface area contributed by atoms with Crippen LogP contribution in [0.1, 0.15) is 12.5 Å². The van der Waals surface area contributed by atoms with E-state index in [1.54, 1.807) is 45.9 Å². The van der Waals surface area contributed by atoms with Gasteiger partial charge in [-0.2, -0.15) is 0 Å². The molecule has 2 aromatic heterocycles. The molecule has 0 spiro atoms. The van der Waals surface area contributed by atoms with Gasteiger partial charge >= 0.3 is 0 Å². The first-order valence-corrected chi connectivity index (χ1v) is 9.77. The molecule has 0 aliphatic carbocycles. The van der Waals surface area contributed by atoms with Gasteiger partial charge in [-0.15, -0.1) is 0 Å². The number of nitrogens with zero attached hydrogens (tertiary/aromatic N) is 3. The molecule has 0 amide bonds. The van der Waals surface area contributed by atoms with Crippen LogP contribution in [0.4, 0.5) is 17.5 Å². The maximum Gasteiger partial charge on any atom is 0.227 e. The molecule has 1 unspecified atom stereocenters. The van der Waals surface area contributed by atoms with E-state index in [4.69, 9.17) is 14.2 Å². The molecule has 31 heavy (non-hydrogen) atoms. The average Bonchev–Trinajstić information content (AvgIpc) is 3.15. The molecule has 1 aliphatic rings. The summed E-state index contributed by atoms with van der Waals surface area (Å²) in [5.41, 5.74) is 2.86. The van der Waals surface area contributed by atoms with Gasteiger partial charge in [-0.05, 0) is 12.1 Å². The highest BCUT2D eigenvalue weighted by Crippen LogP contribution is 2.41. The summed E-state index contributed by atoms with van der Waals surface area (Å²) in [6.07, 6.45) is 3.44. The number of nitrogens with one attached hydrogen (secondary N) is 2. The minimum atomic E-state index is -0.372. The van der Waals surface area contributed by atoms with E-state index < -0.39 is 0 Å². The Morgan fingerprint density at radius 3 is 2.48 bits per heavy atom. The fraction of sp³-hybridized carbons (Fsp3) is 0.318. The predicted octanol–water partition coefficient (Wildman–Crippen LogP) is 2.98. The minimum Gasteiger partial charge on any atom is -0.493 e. The van der Waals surface area contributed by atoms with E-state index in [1.807, 2.05) is 19.1 Å². The van der Waals surface area contributed by atoms with E-state index in [1.165, 1.54) is 0 Å². The second kappa shape index (κ2) is 8.27. The second-order valence-electron chi connectivity index (χ2n) is 7.50. The van der Waals surface area contributed by atoms with Crippen molar-refractivity contribution in [3.8, 4) is 28.5 Å². The molecule has 3 aromatic rings. The SMILES string of the molecule is COc1cc(Nc2nccc(-c3cnc4c(c3)C(C)(CO)CN4)n2)cc(OC)c1OC. The summed E-state index contributed by atoms with van der Waals surface area (Å²) in [4.78, 5) is 13.5. The maximum atomic E-state index is 9.83. The van der Waals surface area contributed by atoms with E-state index in [0.29, 0.717) is 41.1 Å². The monoisotopic (exact) mass is 423 g/mol. The van der Waals surface area contributed by atoms with Crippen molar-refractivity contribution in [1.29, 1.82) is 0 Å². The summed E-state index contributed by atoms with van der Waals surface area (Å²) >= 11 is 0. The number of aliphatic hydroxyl groups excluding tert-OH is 1. The van der Waals surface area contributed by atoms with Gasteiger partial charge in [-0.3, -0.25) is 0 Å².